The molecule has 3 heterocycles. The first-order valence-electron chi connectivity index (χ1n) is 7.03. The van der Waals surface area contributed by atoms with Gasteiger partial charge in [0.1, 0.15) is 0 Å². The summed E-state index contributed by atoms with van der Waals surface area (Å²) in [5.74, 6) is 7.23. The molecule has 1 aliphatic heterocycles. The van der Waals surface area contributed by atoms with Crippen LogP contribution in [-0.2, 0) is 13.0 Å². The van der Waals surface area contributed by atoms with Crippen molar-refractivity contribution in [3.05, 3.63) is 41.9 Å². The Labute approximate surface area is 119 Å². The van der Waals surface area contributed by atoms with Gasteiger partial charge >= 0.3 is 0 Å². The Bertz CT molecular complexity index is 633. The molecule has 0 fully saturated rings. The molecule has 0 atom stereocenters. The lowest BCUT2D eigenvalue weighted by Crippen LogP contribution is -2.31. The van der Waals surface area contributed by atoms with E-state index in [1.54, 1.807) is 6.20 Å². The van der Waals surface area contributed by atoms with Crippen molar-refractivity contribution in [3.63, 3.8) is 0 Å². The fraction of sp³-hybridized carbons (Fsp3) is 0.375. The molecule has 0 unspecified atom stereocenters. The predicted octanol–water partition coefficient (Wildman–Crippen LogP) is 2.04. The van der Waals surface area contributed by atoms with Gasteiger partial charge in [-0.2, -0.15) is 5.10 Å². The molecule has 4 nitrogen and oxygen atoms in total. The largest absolute Gasteiger partial charge is 0.288 e. The highest BCUT2D eigenvalue weighted by atomic mass is 15.3. The Balaban J connectivity index is 1.79. The van der Waals surface area contributed by atoms with Crippen LogP contribution in [0.5, 0.6) is 0 Å². The summed E-state index contributed by atoms with van der Waals surface area (Å²) in [7, 11) is 0. The van der Waals surface area contributed by atoms with E-state index in [1.165, 1.54) is 11.3 Å². The van der Waals surface area contributed by atoms with Crippen molar-refractivity contribution in [1.82, 2.24) is 19.7 Å². The zero-order valence-electron chi connectivity index (χ0n) is 11.7. The smallest absolute Gasteiger partial charge is 0.153 e. The SMILES string of the molecule is CCC#CCN1CCc2c(cnn2-c2ccccn2)C1. The highest BCUT2D eigenvalue weighted by Crippen LogP contribution is 2.20. The molecule has 0 bridgehead atoms. The molecule has 4 heteroatoms. The van der Waals surface area contributed by atoms with E-state index in [4.69, 9.17) is 0 Å². The molecule has 1 aliphatic rings. The van der Waals surface area contributed by atoms with Gasteiger partial charge in [0, 0.05) is 37.7 Å². The van der Waals surface area contributed by atoms with E-state index in [0.717, 1.165) is 38.3 Å². The monoisotopic (exact) mass is 266 g/mol. The zero-order chi connectivity index (χ0) is 13.8. The molecule has 0 N–H and O–H groups in total. The standard InChI is InChI=1S/C16H18N4/c1-2-3-6-10-19-11-8-15-14(13-19)12-18-20(15)16-7-4-5-9-17-16/h4-5,7,9,12H,2,8,10-11,13H2,1H3. The molecule has 0 spiro atoms. The first-order chi connectivity index (χ1) is 9.88. The third-order valence-electron chi connectivity index (χ3n) is 3.48. The summed E-state index contributed by atoms with van der Waals surface area (Å²) in [6.07, 6.45) is 5.69. The van der Waals surface area contributed by atoms with Crippen LogP contribution in [0.25, 0.3) is 5.82 Å². The van der Waals surface area contributed by atoms with Crippen molar-refractivity contribution in [2.45, 2.75) is 26.3 Å². The number of aromatic nitrogens is 3. The lowest BCUT2D eigenvalue weighted by Gasteiger charge is -2.25. The third-order valence-corrected chi connectivity index (χ3v) is 3.48. The van der Waals surface area contributed by atoms with E-state index in [1.807, 2.05) is 29.1 Å². The number of hydrogen-bond acceptors (Lipinski definition) is 3. The van der Waals surface area contributed by atoms with Crippen LogP contribution in [0.4, 0.5) is 0 Å². The minimum Gasteiger partial charge on any atom is -0.288 e. The topological polar surface area (TPSA) is 34.0 Å². The number of rotatable bonds is 2. The van der Waals surface area contributed by atoms with Gasteiger partial charge in [-0.25, -0.2) is 9.67 Å². The minimum atomic E-state index is 0.849. The van der Waals surface area contributed by atoms with E-state index < -0.39 is 0 Å². The predicted molar refractivity (Wildman–Crippen MR) is 78.4 cm³/mol. The Morgan fingerprint density at radius 2 is 2.25 bits per heavy atom. The third kappa shape index (κ3) is 2.59. The van der Waals surface area contributed by atoms with Crippen LogP contribution in [0, 0.1) is 11.8 Å². The fourth-order valence-electron chi connectivity index (χ4n) is 2.49. The van der Waals surface area contributed by atoms with Crippen LogP contribution < -0.4 is 0 Å². The van der Waals surface area contributed by atoms with E-state index in [0.29, 0.717) is 0 Å². The first kappa shape index (κ1) is 12.9. The molecular weight excluding hydrogens is 248 g/mol. The summed E-state index contributed by atoms with van der Waals surface area (Å²) in [4.78, 5) is 6.74. The van der Waals surface area contributed by atoms with Crippen molar-refractivity contribution in [2.75, 3.05) is 13.1 Å². The Hall–Kier alpha value is -2.12. The minimum absolute atomic E-state index is 0.849. The summed E-state index contributed by atoms with van der Waals surface area (Å²) in [6, 6.07) is 5.91. The van der Waals surface area contributed by atoms with Crippen molar-refractivity contribution in [3.8, 4) is 17.7 Å². The maximum absolute atomic E-state index is 4.49. The van der Waals surface area contributed by atoms with E-state index in [2.05, 4.69) is 33.7 Å². The van der Waals surface area contributed by atoms with Crippen LogP contribution >= 0.6 is 0 Å². The normalized spacial score (nSPS) is 14.4. The number of hydrogen-bond donors (Lipinski definition) is 0. The highest BCUT2D eigenvalue weighted by Gasteiger charge is 2.20. The van der Waals surface area contributed by atoms with Gasteiger partial charge in [0.05, 0.1) is 18.4 Å². The van der Waals surface area contributed by atoms with Gasteiger partial charge in [0.25, 0.3) is 0 Å². The van der Waals surface area contributed by atoms with Crippen LogP contribution in [-0.4, -0.2) is 32.8 Å². The zero-order valence-corrected chi connectivity index (χ0v) is 11.7. The van der Waals surface area contributed by atoms with E-state index in [-0.39, 0.29) is 0 Å². The highest BCUT2D eigenvalue weighted by molar-refractivity contribution is 5.30. The quantitative estimate of drug-likeness (QED) is 0.780. The molecule has 0 aromatic carbocycles. The van der Waals surface area contributed by atoms with Crippen molar-refractivity contribution in [1.29, 1.82) is 0 Å². The second kappa shape index (κ2) is 5.89. The maximum atomic E-state index is 4.49. The Kier molecular flexibility index (Phi) is 3.80. The second-order valence-electron chi connectivity index (χ2n) is 4.88. The van der Waals surface area contributed by atoms with E-state index in [9.17, 15) is 0 Å². The number of pyridine rings is 1. The van der Waals surface area contributed by atoms with Crippen LogP contribution in [0.1, 0.15) is 24.6 Å². The van der Waals surface area contributed by atoms with Gasteiger partial charge in [-0.1, -0.05) is 18.9 Å². The van der Waals surface area contributed by atoms with Crippen LogP contribution in [0.2, 0.25) is 0 Å². The molecule has 20 heavy (non-hydrogen) atoms. The summed E-state index contributed by atoms with van der Waals surface area (Å²) in [6.45, 7) is 4.89. The average Bonchev–Trinajstić information content (AvgIpc) is 2.91. The van der Waals surface area contributed by atoms with Gasteiger partial charge in [-0.15, -0.1) is 5.92 Å². The molecule has 2 aromatic heterocycles. The molecule has 0 aliphatic carbocycles. The van der Waals surface area contributed by atoms with Crippen molar-refractivity contribution < 1.29 is 0 Å². The Morgan fingerprint density at radius 3 is 3.05 bits per heavy atom. The maximum Gasteiger partial charge on any atom is 0.153 e. The summed E-state index contributed by atoms with van der Waals surface area (Å²) >= 11 is 0. The van der Waals surface area contributed by atoms with E-state index >= 15 is 0 Å². The van der Waals surface area contributed by atoms with Gasteiger partial charge in [0.15, 0.2) is 5.82 Å². The lowest BCUT2D eigenvalue weighted by atomic mass is 10.1. The average molecular weight is 266 g/mol. The lowest BCUT2D eigenvalue weighted by molar-refractivity contribution is 0.283. The van der Waals surface area contributed by atoms with Crippen molar-refractivity contribution >= 4 is 0 Å². The summed E-state index contributed by atoms with van der Waals surface area (Å²) in [5, 5.41) is 4.49. The Morgan fingerprint density at radius 1 is 1.30 bits per heavy atom. The molecule has 3 rings (SSSR count). The molecule has 0 radical (unpaired) electrons. The first-order valence-corrected chi connectivity index (χ1v) is 7.03. The molecular formula is C16H18N4. The number of nitrogens with zero attached hydrogens (tertiary/aromatic N) is 4. The van der Waals surface area contributed by atoms with Gasteiger partial charge in [-0.05, 0) is 12.1 Å². The van der Waals surface area contributed by atoms with Crippen LogP contribution in [0.15, 0.2) is 30.6 Å². The molecule has 0 amide bonds. The van der Waals surface area contributed by atoms with Gasteiger partial charge in [-0.3, -0.25) is 4.90 Å². The fourth-order valence-corrected chi connectivity index (χ4v) is 2.49. The van der Waals surface area contributed by atoms with Crippen molar-refractivity contribution in [2.24, 2.45) is 0 Å². The van der Waals surface area contributed by atoms with Gasteiger partial charge < -0.3 is 0 Å². The summed E-state index contributed by atoms with van der Waals surface area (Å²) in [5.41, 5.74) is 2.57. The second-order valence-corrected chi connectivity index (χ2v) is 4.88. The molecule has 2 aromatic rings. The van der Waals surface area contributed by atoms with Gasteiger partial charge in [0.2, 0.25) is 0 Å². The molecule has 0 saturated heterocycles. The summed E-state index contributed by atoms with van der Waals surface area (Å²) < 4.78 is 1.96. The molecule has 0 saturated carbocycles. The van der Waals surface area contributed by atoms with Crippen LogP contribution in [0.3, 0.4) is 0 Å². The molecule has 102 valence electrons. The number of fused-ring (bicyclic) bond motifs is 1.